The Balaban J connectivity index is 2.47. The molecule has 9 heteroatoms. The van der Waals surface area contributed by atoms with E-state index in [0.29, 0.717) is 18.5 Å². The van der Waals surface area contributed by atoms with Gasteiger partial charge in [0, 0.05) is 18.3 Å². The molecule has 0 unspecified atom stereocenters. The third-order valence-corrected chi connectivity index (χ3v) is 2.25. The van der Waals surface area contributed by atoms with Crippen molar-refractivity contribution >= 4 is 5.69 Å². The molecule has 0 amide bonds. The molecular formula is C10H5F4N3O2. The summed E-state index contributed by atoms with van der Waals surface area (Å²) in [6, 6.07) is 2.44. The first-order valence-corrected chi connectivity index (χ1v) is 4.84. The first kappa shape index (κ1) is 13.0. The van der Waals surface area contributed by atoms with E-state index >= 15 is 0 Å². The van der Waals surface area contributed by atoms with Crippen LogP contribution in [0.5, 0.6) is 0 Å². The molecule has 0 fully saturated rings. The average Bonchev–Trinajstić information content (AvgIpc) is 2.76. The third kappa shape index (κ3) is 2.69. The fraction of sp³-hybridized carbons (Fsp3) is 0.100. The molecule has 1 heterocycles. The lowest BCUT2D eigenvalue weighted by atomic mass is 10.2. The molecule has 0 bridgehead atoms. The van der Waals surface area contributed by atoms with E-state index in [1.54, 1.807) is 0 Å². The molecule has 0 aliphatic heterocycles. The number of alkyl halides is 3. The molecule has 0 aliphatic carbocycles. The van der Waals surface area contributed by atoms with Gasteiger partial charge in [-0.3, -0.25) is 10.1 Å². The summed E-state index contributed by atoms with van der Waals surface area (Å²) < 4.78 is 51.0. The van der Waals surface area contributed by atoms with Crippen LogP contribution in [0.2, 0.25) is 0 Å². The van der Waals surface area contributed by atoms with E-state index in [9.17, 15) is 27.7 Å². The molecule has 0 saturated carbocycles. The Bertz CT molecular complexity index is 636. The van der Waals surface area contributed by atoms with Gasteiger partial charge < -0.3 is 0 Å². The van der Waals surface area contributed by atoms with Gasteiger partial charge in [0.1, 0.15) is 5.82 Å². The normalized spacial score (nSPS) is 11.6. The number of nitrogens with zero attached hydrogens (tertiary/aromatic N) is 3. The first-order valence-electron chi connectivity index (χ1n) is 4.84. The lowest BCUT2D eigenvalue weighted by molar-refractivity contribution is -0.385. The van der Waals surface area contributed by atoms with Gasteiger partial charge in [0.15, 0.2) is 0 Å². The largest absolute Gasteiger partial charge is 0.419 e. The van der Waals surface area contributed by atoms with Crippen LogP contribution in [0.25, 0.3) is 5.69 Å². The summed E-state index contributed by atoms with van der Waals surface area (Å²) in [6.45, 7) is 0. The Kier molecular flexibility index (Phi) is 2.97. The zero-order chi connectivity index (χ0) is 14.2. The lowest BCUT2D eigenvalue weighted by Gasteiger charge is -2.03. The minimum Gasteiger partial charge on any atom is -0.258 e. The van der Waals surface area contributed by atoms with Gasteiger partial charge in [-0.2, -0.15) is 18.3 Å². The Morgan fingerprint density at radius 1 is 1.26 bits per heavy atom. The van der Waals surface area contributed by atoms with Crippen molar-refractivity contribution in [1.82, 2.24) is 9.78 Å². The van der Waals surface area contributed by atoms with Gasteiger partial charge in [0.05, 0.1) is 28.4 Å². The molecule has 0 N–H and O–H groups in total. The van der Waals surface area contributed by atoms with E-state index in [0.717, 1.165) is 16.8 Å². The standard InChI is InChI=1S/C10H5F4N3O2/c11-7-1-8(3-9(2-7)17(18)19)16-5-6(4-15-16)10(12,13)14/h1-5H. The number of non-ortho nitro benzene ring substituents is 1. The molecule has 2 rings (SSSR count). The van der Waals surface area contributed by atoms with Crippen LogP contribution in [-0.2, 0) is 6.18 Å². The van der Waals surface area contributed by atoms with E-state index in [4.69, 9.17) is 0 Å². The quantitative estimate of drug-likeness (QED) is 0.481. The van der Waals surface area contributed by atoms with Crippen LogP contribution >= 0.6 is 0 Å². The Labute approximate surface area is 103 Å². The predicted octanol–water partition coefficient (Wildman–Crippen LogP) is 2.94. The van der Waals surface area contributed by atoms with Crippen molar-refractivity contribution in [3.8, 4) is 5.69 Å². The zero-order valence-corrected chi connectivity index (χ0v) is 9.06. The highest BCUT2D eigenvalue weighted by atomic mass is 19.4. The monoisotopic (exact) mass is 275 g/mol. The number of benzene rings is 1. The van der Waals surface area contributed by atoms with Crippen LogP contribution in [-0.4, -0.2) is 14.7 Å². The first-order chi connectivity index (χ1) is 8.77. The lowest BCUT2D eigenvalue weighted by Crippen LogP contribution is -2.03. The molecule has 0 aliphatic rings. The van der Waals surface area contributed by atoms with Crippen LogP contribution in [0.15, 0.2) is 30.6 Å². The Morgan fingerprint density at radius 3 is 2.47 bits per heavy atom. The molecule has 2 aromatic rings. The van der Waals surface area contributed by atoms with Gasteiger partial charge in [-0.15, -0.1) is 0 Å². The Morgan fingerprint density at radius 2 is 1.95 bits per heavy atom. The molecule has 0 spiro atoms. The number of hydrogen-bond acceptors (Lipinski definition) is 3. The molecule has 0 atom stereocenters. The smallest absolute Gasteiger partial charge is 0.258 e. The maximum Gasteiger partial charge on any atom is 0.419 e. The molecule has 0 radical (unpaired) electrons. The molecular weight excluding hydrogens is 270 g/mol. The predicted molar refractivity (Wildman–Crippen MR) is 55.2 cm³/mol. The van der Waals surface area contributed by atoms with Crippen LogP contribution in [0, 0.1) is 15.9 Å². The fourth-order valence-corrected chi connectivity index (χ4v) is 1.41. The number of aromatic nitrogens is 2. The van der Waals surface area contributed by atoms with Crippen molar-refractivity contribution < 1.29 is 22.5 Å². The zero-order valence-electron chi connectivity index (χ0n) is 9.06. The van der Waals surface area contributed by atoms with Crippen molar-refractivity contribution in [3.63, 3.8) is 0 Å². The van der Waals surface area contributed by atoms with E-state index in [1.165, 1.54) is 0 Å². The van der Waals surface area contributed by atoms with E-state index in [-0.39, 0.29) is 5.69 Å². The second-order valence-corrected chi connectivity index (χ2v) is 3.60. The molecule has 1 aromatic heterocycles. The van der Waals surface area contributed by atoms with Crippen molar-refractivity contribution in [1.29, 1.82) is 0 Å². The van der Waals surface area contributed by atoms with Gasteiger partial charge in [-0.1, -0.05) is 0 Å². The van der Waals surface area contributed by atoms with Crippen molar-refractivity contribution in [3.05, 3.63) is 52.1 Å². The molecule has 1 aromatic carbocycles. The maximum absolute atomic E-state index is 13.1. The summed E-state index contributed by atoms with van der Waals surface area (Å²) in [5, 5.41) is 13.9. The van der Waals surface area contributed by atoms with E-state index < -0.39 is 28.2 Å². The summed E-state index contributed by atoms with van der Waals surface area (Å²) >= 11 is 0. The molecule has 0 saturated heterocycles. The minimum absolute atomic E-state index is 0.165. The van der Waals surface area contributed by atoms with Crippen molar-refractivity contribution in [2.45, 2.75) is 6.18 Å². The topological polar surface area (TPSA) is 61.0 Å². The van der Waals surface area contributed by atoms with E-state index in [2.05, 4.69) is 5.10 Å². The van der Waals surface area contributed by atoms with Gasteiger partial charge in [0.2, 0.25) is 0 Å². The van der Waals surface area contributed by atoms with Crippen LogP contribution in [0.4, 0.5) is 23.2 Å². The highest BCUT2D eigenvalue weighted by molar-refractivity contribution is 5.43. The number of hydrogen-bond donors (Lipinski definition) is 0. The fourth-order valence-electron chi connectivity index (χ4n) is 1.41. The van der Waals surface area contributed by atoms with Crippen LogP contribution < -0.4 is 0 Å². The number of nitro groups is 1. The number of rotatable bonds is 2. The van der Waals surface area contributed by atoms with E-state index in [1.807, 2.05) is 0 Å². The summed E-state index contributed by atoms with van der Waals surface area (Å²) in [7, 11) is 0. The SMILES string of the molecule is O=[N+]([O-])c1cc(F)cc(-n2cc(C(F)(F)F)cn2)c1. The van der Waals surface area contributed by atoms with Gasteiger partial charge in [-0.25, -0.2) is 9.07 Å². The number of nitro benzene ring substituents is 1. The van der Waals surface area contributed by atoms with Gasteiger partial charge in [-0.05, 0) is 0 Å². The van der Waals surface area contributed by atoms with Gasteiger partial charge in [0.25, 0.3) is 5.69 Å². The number of halogens is 4. The third-order valence-electron chi connectivity index (χ3n) is 2.25. The van der Waals surface area contributed by atoms with Gasteiger partial charge >= 0.3 is 6.18 Å². The van der Waals surface area contributed by atoms with Crippen LogP contribution in [0.3, 0.4) is 0 Å². The molecule has 100 valence electrons. The van der Waals surface area contributed by atoms with Crippen molar-refractivity contribution in [2.24, 2.45) is 0 Å². The van der Waals surface area contributed by atoms with Crippen LogP contribution in [0.1, 0.15) is 5.56 Å². The minimum atomic E-state index is -4.59. The highest BCUT2D eigenvalue weighted by Gasteiger charge is 2.32. The summed E-state index contributed by atoms with van der Waals surface area (Å²) in [6.07, 6.45) is -3.41. The average molecular weight is 275 g/mol. The highest BCUT2D eigenvalue weighted by Crippen LogP contribution is 2.29. The molecule has 5 nitrogen and oxygen atoms in total. The molecule has 19 heavy (non-hydrogen) atoms. The maximum atomic E-state index is 13.1. The van der Waals surface area contributed by atoms with Crippen molar-refractivity contribution in [2.75, 3.05) is 0 Å². The second-order valence-electron chi connectivity index (χ2n) is 3.60. The summed E-state index contributed by atoms with van der Waals surface area (Å²) in [5.41, 5.74) is -1.76. The summed E-state index contributed by atoms with van der Waals surface area (Å²) in [5.74, 6) is -0.937. The Hall–Kier alpha value is -2.45. The summed E-state index contributed by atoms with van der Waals surface area (Å²) in [4.78, 5) is 9.68. The second kappa shape index (κ2) is 4.34.